The molecule has 0 N–H and O–H groups in total. The average Bonchev–Trinajstić information content (AvgIpc) is 2.50. The van der Waals surface area contributed by atoms with Gasteiger partial charge in [-0.25, -0.2) is 0 Å². The number of rotatable bonds is 8. The highest BCUT2D eigenvalue weighted by molar-refractivity contribution is 8.00. The first kappa shape index (κ1) is 19.8. The van der Waals surface area contributed by atoms with Crippen molar-refractivity contribution in [1.29, 1.82) is 0 Å². The van der Waals surface area contributed by atoms with Gasteiger partial charge in [0.05, 0.1) is 0 Å². The Morgan fingerprint density at radius 1 is 1.13 bits per heavy atom. The third-order valence-electron chi connectivity index (χ3n) is 3.98. The zero-order chi connectivity index (χ0) is 17.6. The third-order valence-corrected chi connectivity index (χ3v) is 5.56. The molecule has 0 spiro atoms. The molecule has 0 aliphatic rings. The summed E-state index contributed by atoms with van der Waals surface area (Å²) in [4.78, 5) is 13.9. The average molecular weight is 335 g/mol. The van der Waals surface area contributed by atoms with Gasteiger partial charge in [-0.2, -0.15) is 0 Å². The largest absolute Gasteiger partial charge is 0.461 e. The van der Waals surface area contributed by atoms with E-state index >= 15 is 0 Å². The SMILES string of the molecule is C=CC(C)(C)[C@@H](Sc1ccccc1)C(=O)OC(C(C)C)C(C)C. The van der Waals surface area contributed by atoms with Crippen molar-refractivity contribution >= 4 is 17.7 Å². The summed E-state index contributed by atoms with van der Waals surface area (Å²) in [5.41, 5.74) is -0.351. The standard InChI is InChI=1S/C20H30O2S/c1-8-20(6,7)18(23-16-12-10-9-11-13-16)19(21)22-17(14(2)3)15(4)5/h8-15,17-18H,1H2,2-7H3/t18-/m0/s1. The van der Waals surface area contributed by atoms with Crippen LogP contribution in [0.5, 0.6) is 0 Å². The van der Waals surface area contributed by atoms with E-state index in [9.17, 15) is 4.79 Å². The quantitative estimate of drug-likeness (QED) is 0.352. The Labute approximate surface area is 145 Å². The van der Waals surface area contributed by atoms with E-state index < -0.39 is 0 Å². The molecule has 0 amide bonds. The second-order valence-electron chi connectivity index (χ2n) is 7.23. The maximum absolute atomic E-state index is 12.9. The van der Waals surface area contributed by atoms with E-state index in [1.165, 1.54) is 0 Å². The second-order valence-corrected chi connectivity index (χ2v) is 8.40. The molecule has 0 heterocycles. The molecule has 128 valence electrons. The summed E-state index contributed by atoms with van der Waals surface area (Å²) in [6.07, 6.45) is 1.77. The first-order valence-corrected chi connectivity index (χ1v) is 9.12. The van der Waals surface area contributed by atoms with Gasteiger partial charge in [0, 0.05) is 10.3 Å². The predicted octanol–water partition coefficient (Wildman–Crippen LogP) is 5.58. The minimum atomic E-state index is -0.351. The Balaban J connectivity index is 3.00. The van der Waals surface area contributed by atoms with Crippen molar-refractivity contribution in [2.24, 2.45) is 17.3 Å². The highest BCUT2D eigenvalue weighted by Gasteiger charge is 2.37. The lowest BCUT2D eigenvalue weighted by molar-refractivity contribution is -0.154. The molecule has 0 saturated carbocycles. The molecule has 23 heavy (non-hydrogen) atoms. The van der Waals surface area contributed by atoms with Crippen LogP contribution in [-0.2, 0) is 9.53 Å². The zero-order valence-electron chi connectivity index (χ0n) is 15.2. The van der Waals surface area contributed by atoms with Gasteiger partial charge in [0.2, 0.25) is 0 Å². The Hall–Kier alpha value is -1.22. The summed E-state index contributed by atoms with van der Waals surface area (Å²) in [5.74, 6) is 0.442. The lowest BCUT2D eigenvalue weighted by Gasteiger charge is -2.32. The van der Waals surface area contributed by atoms with E-state index in [0.717, 1.165) is 4.90 Å². The molecule has 1 atom stereocenters. The maximum Gasteiger partial charge on any atom is 0.320 e. The van der Waals surface area contributed by atoms with Crippen molar-refractivity contribution < 1.29 is 9.53 Å². The monoisotopic (exact) mass is 334 g/mol. The minimum absolute atomic E-state index is 0.0676. The van der Waals surface area contributed by atoms with Crippen molar-refractivity contribution in [2.75, 3.05) is 0 Å². The molecule has 0 aliphatic carbocycles. The predicted molar refractivity (Wildman–Crippen MR) is 99.6 cm³/mol. The van der Waals surface area contributed by atoms with Gasteiger partial charge in [-0.1, -0.05) is 65.8 Å². The number of hydrogen-bond acceptors (Lipinski definition) is 3. The Kier molecular flexibility index (Phi) is 7.40. The Morgan fingerprint density at radius 2 is 1.65 bits per heavy atom. The van der Waals surface area contributed by atoms with Crippen LogP contribution in [0.2, 0.25) is 0 Å². The van der Waals surface area contributed by atoms with Crippen molar-refractivity contribution in [1.82, 2.24) is 0 Å². The van der Waals surface area contributed by atoms with Gasteiger partial charge in [0.15, 0.2) is 0 Å². The molecule has 0 bridgehead atoms. The van der Waals surface area contributed by atoms with E-state index in [-0.39, 0.29) is 22.7 Å². The van der Waals surface area contributed by atoms with E-state index in [4.69, 9.17) is 4.74 Å². The smallest absolute Gasteiger partial charge is 0.320 e. The Morgan fingerprint density at radius 3 is 2.09 bits per heavy atom. The summed E-state index contributed by atoms with van der Waals surface area (Å²) < 4.78 is 5.89. The number of esters is 1. The molecule has 0 unspecified atom stereocenters. The van der Waals surface area contributed by atoms with Crippen LogP contribution < -0.4 is 0 Å². The first-order chi connectivity index (χ1) is 10.7. The molecule has 0 aliphatic heterocycles. The van der Waals surface area contributed by atoms with Crippen molar-refractivity contribution in [3.8, 4) is 0 Å². The highest BCUT2D eigenvalue weighted by Crippen LogP contribution is 2.38. The molecule has 1 aromatic rings. The van der Waals surface area contributed by atoms with Crippen LogP contribution in [0.15, 0.2) is 47.9 Å². The lowest BCUT2D eigenvalue weighted by Crippen LogP contribution is -2.38. The fourth-order valence-electron chi connectivity index (χ4n) is 2.48. The van der Waals surface area contributed by atoms with E-state index in [1.54, 1.807) is 11.8 Å². The number of carbonyl (C=O) groups excluding carboxylic acids is 1. The van der Waals surface area contributed by atoms with Crippen LogP contribution in [-0.4, -0.2) is 17.3 Å². The number of carbonyl (C=O) groups is 1. The molecule has 1 rings (SSSR count). The molecule has 1 aromatic carbocycles. The van der Waals surface area contributed by atoms with Gasteiger partial charge in [-0.15, -0.1) is 18.3 Å². The van der Waals surface area contributed by atoms with Crippen LogP contribution in [0, 0.1) is 17.3 Å². The van der Waals surface area contributed by atoms with Crippen LogP contribution in [0.1, 0.15) is 41.5 Å². The fraction of sp³-hybridized carbons (Fsp3) is 0.550. The molecule has 0 saturated heterocycles. The number of benzene rings is 1. The minimum Gasteiger partial charge on any atom is -0.461 e. The first-order valence-electron chi connectivity index (χ1n) is 8.24. The molecule has 0 radical (unpaired) electrons. The molecular weight excluding hydrogens is 304 g/mol. The summed E-state index contributed by atoms with van der Waals surface area (Å²) in [5, 5.41) is -0.317. The number of allylic oxidation sites excluding steroid dienone is 1. The highest BCUT2D eigenvalue weighted by atomic mass is 32.2. The van der Waals surface area contributed by atoms with Gasteiger partial charge in [0.1, 0.15) is 11.4 Å². The molecule has 3 heteroatoms. The number of ether oxygens (including phenoxy) is 1. The molecular formula is C20H30O2S. The van der Waals surface area contributed by atoms with Gasteiger partial charge < -0.3 is 4.74 Å². The molecule has 0 aromatic heterocycles. The zero-order valence-corrected chi connectivity index (χ0v) is 16.0. The fourth-order valence-corrected chi connectivity index (χ4v) is 3.62. The summed E-state index contributed by atoms with van der Waals surface area (Å²) in [6, 6.07) is 9.98. The normalized spacial score (nSPS) is 13.4. The summed E-state index contributed by atoms with van der Waals surface area (Å²) >= 11 is 1.55. The Bertz CT molecular complexity index is 498. The van der Waals surface area contributed by atoms with Gasteiger partial charge in [0.25, 0.3) is 0 Å². The van der Waals surface area contributed by atoms with Gasteiger partial charge in [-0.05, 0) is 24.0 Å². The maximum atomic E-state index is 12.9. The van der Waals surface area contributed by atoms with Crippen LogP contribution in [0.25, 0.3) is 0 Å². The molecule has 2 nitrogen and oxygen atoms in total. The molecule has 0 fully saturated rings. The number of hydrogen-bond donors (Lipinski definition) is 0. The van der Waals surface area contributed by atoms with Crippen LogP contribution in [0.4, 0.5) is 0 Å². The summed E-state index contributed by atoms with van der Waals surface area (Å²) in [7, 11) is 0. The van der Waals surface area contributed by atoms with Crippen molar-refractivity contribution in [3.63, 3.8) is 0 Å². The topological polar surface area (TPSA) is 26.3 Å². The van der Waals surface area contributed by atoms with Gasteiger partial charge in [-0.3, -0.25) is 4.79 Å². The van der Waals surface area contributed by atoms with E-state index in [2.05, 4.69) is 34.3 Å². The van der Waals surface area contributed by atoms with Crippen LogP contribution in [0.3, 0.4) is 0 Å². The van der Waals surface area contributed by atoms with E-state index in [0.29, 0.717) is 11.8 Å². The van der Waals surface area contributed by atoms with Crippen molar-refractivity contribution in [3.05, 3.63) is 43.0 Å². The summed E-state index contributed by atoms with van der Waals surface area (Å²) in [6.45, 7) is 16.3. The lowest BCUT2D eigenvalue weighted by atomic mass is 9.89. The van der Waals surface area contributed by atoms with Crippen molar-refractivity contribution in [2.45, 2.75) is 57.8 Å². The van der Waals surface area contributed by atoms with Crippen LogP contribution >= 0.6 is 11.8 Å². The second kappa shape index (κ2) is 8.58. The van der Waals surface area contributed by atoms with E-state index in [1.807, 2.05) is 50.3 Å². The number of thioether (sulfide) groups is 1. The third kappa shape index (κ3) is 5.72. The van der Waals surface area contributed by atoms with Gasteiger partial charge >= 0.3 is 5.97 Å².